The summed E-state index contributed by atoms with van der Waals surface area (Å²) in [7, 11) is 0. The first-order chi connectivity index (χ1) is 10.0. The summed E-state index contributed by atoms with van der Waals surface area (Å²) >= 11 is 1.31. The number of benzene rings is 1. The lowest BCUT2D eigenvalue weighted by atomic mass is 9.89. The summed E-state index contributed by atoms with van der Waals surface area (Å²) in [5, 5.41) is 0.460. The number of carbonyl (C=O) groups is 2. The van der Waals surface area contributed by atoms with E-state index < -0.39 is 17.5 Å². The smallest absolute Gasteiger partial charge is 0.196 e. The fourth-order valence-electron chi connectivity index (χ4n) is 1.95. The van der Waals surface area contributed by atoms with Gasteiger partial charge in [0.2, 0.25) is 0 Å². The Morgan fingerprint density at radius 1 is 1.19 bits per heavy atom. The van der Waals surface area contributed by atoms with Crippen LogP contribution in [0, 0.1) is 5.82 Å². The Balaban J connectivity index is 2.40. The first-order valence-electron chi connectivity index (χ1n) is 6.20. The molecule has 0 amide bonds. The van der Waals surface area contributed by atoms with Crippen LogP contribution in [-0.4, -0.2) is 27.8 Å². The molecule has 0 aliphatic rings. The van der Waals surface area contributed by atoms with E-state index in [9.17, 15) is 14.0 Å². The average molecular weight is 304 g/mol. The molecule has 21 heavy (non-hydrogen) atoms. The van der Waals surface area contributed by atoms with Crippen molar-refractivity contribution in [1.29, 1.82) is 0 Å². The third-order valence-electron chi connectivity index (χ3n) is 2.94. The number of hydrogen-bond acceptors (Lipinski definition) is 5. The number of halogens is 1. The van der Waals surface area contributed by atoms with E-state index in [1.807, 2.05) is 0 Å². The molecular formula is C15H13FN2O2S. The maximum absolute atomic E-state index is 13.0. The molecule has 0 aliphatic carbocycles. The van der Waals surface area contributed by atoms with Crippen LogP contribution in [0.15, 0.2) is 41.7 Å². The van der Waals surface area contributed by atoms with Gasteiger partial charge in [0.05, 0.1) is 0 Å². The third-order valence-corrected chi connectivity index (χ3v) is 3.50. The van der Waals surface area contributed by atoms with Crippen LogP contribution in [0.2, 0.25) is 0 Å². The van der Waals surface area contributed by atoms with Gasteiger partial charge in [-0.15, -0.1) is 0 Å². The molecule has 6 heteroatoms. The molecule has 1 heterocycles. The molecule has 0 aliphatic heterocycles. The van der Waals surface area contributed by atoms with Crippen LogP contribution in [0.25, 0.3) is 0 Å². The van der Waals surface area contributed by atoms with Gasteiger partial charge in [-0.1, -0.05) is 23.9 Å². The van der Waals surface area contributed by atoms with Crippen molar-refractivity contribution in [1.82, 2.24) is 9.97 Å². The van der Waals surface area contributed by atoms with Gasteiger partial charge in [0.15, 0.2) is 10.9 Å². The highest BCUT2D eigenvalue weighted by atomic mass is 32.2. The Morgan fingerprint density at radius 3 is 2.43 bits per heavy atom. The number of hydrogen-bond donors (Lipinski definition) is 0. The van der Waals surface area contributed by atoms with Gasteiger partial charge in [0.1, 0.15) is 23.2 Å². The predicted octanol–water partition coefficient (Wildman–Crippen LogP) is 2.89. The Morgan fingerprint density at radius 2 is 1.86 bits per heavy atom. The molecule has 1 atom stereocenters. The third kappa shape index (κ3) is 3.52. The highest BCUT2D eigenvalue weighted by Crippen LogP contribution is 2.22. The van der Waals surface area contributed by atoms with Crippen LogP contribution >= 0.6 is 11.8 Å². The molecule has 0 fully saturated rings. The number of carbonyl (C=O) groups excluding carboxylic acids is 2. The fourth-order valence-corrected chi connectivity index (χ4v) is 2.31. The second-order valence-electron chi connectivity index (χ2n) is 4.39. The molecule has 1 unspecified atom stereocenters. The average Bonchev–Trinajstić information content (AvgIpc) is 2.49. The van der Waals surface area contributed by atoms with Gasteiger partial charge in [0, 0.05) is 6.20 Å². The number of ketones is 2. The molecule has 2 aromatic rings. The van der Waals surface area contributed by atoms with E-state index in [0.717, 1.165) is 0 Å². The van der Waals surface area contributed by atoms with Crippen molar-refractivity contribution >= 4 is 23.3 Å². The minimum Gasteiger partial charge on any atom is -0.299 e. The SMILES string of the molecule is CSc1nccc(C(=O)C(C(C)=O)c2ccc(F)cc2)n1. The van der Waals surface area contributed by atoms with E-state index in [-0.39, 0.29) is 11.5 Å². The van der Waals surface area contributed by atoms with E-state index >= 15 is 0 Å². The molecule has 0 saturated heterocycles. The van der Waals surface area contributed by atoms with Crippen LogP contribution in [0.4, 0.5) is 4.39 Å². The largest absolute Gasteiger partial charge is 0.299 e. The molecule has 0 saturated carbocycles. The predicted molar refractivity (Wildman–Crippen MR) is 78.0 cm³/mol. The normalized spacial score (nSPS) is 12.0. The Kier molecular flexibility index (Phi) is 4.80. The molecule has 0 radical (unpaired) electrons. The zero-order chi connectivity index (χ0) is 15.4. The summed E-state index contributed by atoms with van der Waals surface area (Å²) in [5.41, 5.74) is 0.636. The van der Waals surface area contributed by atoms with E-state index in [1.165, 1.54) is 55.2 Å². The number of Topliss-reactive ketones (excluding diaryl/α,β-unsaturated/α-hetero) is 2. The van der Waals surface area contributed by atoms with Gasteiger partial charge < -0.3 is 0 Å². The summed E-state index contributed by atoms with van der Waals surface area (Å²) in [6.07, 6.45) is 3.28. The van der Waals surface area contributed by atoms with Crippen molar-refractivity contribution in [2.45, 2.75) is 18.0 Å². The van der Waals surface area contributed by atoms with Crippen LogP contribution in [-0.2, 0) is 4.79 Å². The van der Waals surface area contributed by atoms with Gasteiger partial charge in [-0.3, -0.25) is 9.59 Å². The number of nitrogens with zero attached hydrogens (tertiary/aromatic N) is 2. The molecule has 1 aromatic heterocycles. The van der Waals surface area contributed by atoms with Gasteiger partial charge in [-0.2, -0.15) is 0 Å². The molecule has 0 bridgehead atoms. The number of thioether (sulfide) groups is 1. The van der Waals surface area contributed by atoms with Crippen LogP contribution in [0.5, 0.6) is 0 Å². The van der Waals surface area contributed by atoms with Crippen molar-refractivity contribution < 1.29 is 14.0 Å². The van der Waals surface area contributed by atoms with Gasteiger partial charge in [0.25, 0.3) is 0 Å². The standard InChI is InChI=1S/C15H13FN2O2S/c1-9(19)13(10-3-5-11(16)6-4-10)14(20)12-7-8-17-15(18-12)21-2/h3-8,13H,1-2H3. The van der Waals surface area contributed by atoms with Crippen molar-refractivity contribution in [2.24, 2.45) is 0 Å². The number of aromatic nitrogens is 2. The first kappa shape index (κ1) is 15.3. The van der Waals surface area contributed by atoms with Crippen LogP contribution < -0.4 is 0 Å². The van der Waals surface area contributed by atoms with Crippen LogP contribution in [0.3, 0.4) is 0 Å². The van der Waals surface area contributed by atoms with Crippen molar-refractivity contribution in [3.8, 4) is 0 Å². The minimum atomic E-state index is -0.977. The highest BCUT2D eigenvalue weighted by Gasteiger charge is 2.27. The maximum atomic E-state index is 13.0. The fraction of sp³-hybridized carbons (Fsp3) is 0.200. The quantitative estimate of drug-likeness (QED) is 0.368. The van der Waals surface area contributed by atoms with Crippen molar-refractivity contribution in [2.75, 3.05) is 6.26 Å². The Bertz CT molecular complexity index is 674. The van der Waals surface area contributed by atoms with Crippen molar-refractivity contribution in [3.05, 3.63) is 53.6 Å². The monoisotopic (exact) mass is 304 g/mol. The van der Waals surface area contributed by atoms with E-state index in [2.05, 4.69) is 9.97 Å². The lowest BCUT2D eigenvalue weighted by molar-refractivity contribution is -0.117. The lowest BCUT2D eigenvalue weighted by Crippen LogP contribution is -2.21. The topological polar surface area (TPSA) is 59.9 Å². The highest BCUT2D eigenvalue weighted by molar-refractivity contribution is 7.98. The van der Waals surface area contributed by atoms with Crippen molar-refractivity contribution in [3.63, 3.8) is 0 Å². The lowest BCUT2D eigenvalue weighted by Gasteiger charge is -2.13. The number of rotatable bonds is 5. The van der Waals surface area contributed by atoms with Gasteiger partial charge >= 0.3 is 0 Å². The molecule has 4 nitrogen and oxygen atoms in total. The summed E-state index contributed by atoms with van der Waals surface area (Å²) < 4.78 is 13.0. The van der Waals surface area contributed by atoms with E-state index in [1.54, 1.807) is 6.26 Å². The Hall–Kier alpha value is -2.08. The second-order valence-corrected chi connectivity index (χ2v) is 5.16. The molecule has 2 rings (SSSR count). The Labute approximate surface area is 125 Å². The molecule has 1 aromatic carbocycles. The molecule has 108 valence electrons. The van der Waals surface area contributed by atoms with Gasteiger partial charge in [-0.25, -0.2) is 14.4 Å². The second kappa shape index (κ2) is 6.58. The van der Waals surface area contributed by atoms with Crippen LogP contribution in [0.1, 0.15) is 28.9 Å². The molecule has 0 spiro atoms. The summed E-state index contributed by atoms with van der Waals surface area (Å²) in [4.78, 5) is 32.5. The van der Waals surface area contributed by atoms with E-state index in [4.69, 9.17) is 0 Å². The molecule has 0 N–H and O–H groups in total. The minimum absolute atomic E-state index is 0.180. The summed E-state index contributed by atoms with van der Waals surface area (Å²) in [5.74, 6) is -2.11. The first-order valence-corrected chi connectivity index (χ1v) is 7.42. The zero-order valence-electron chi connectivity index (χ0n) is 11.5. The van der Waals surface area contributed by atoms with E-state index in [0.29, 0.717) is 10.7 Å². The van der Waals surface area contributed by atoms with Gasteiger partial charge in [-0.05, 0) is 36.9 Å². The maximum Gasteiger partial charge on any atom is 0.196 e. The molecular weight excluding hydrogens is 291 g/mol. The summed E-state index contributed by atoms with van der Waals surface area (Å²) in [6, 6.07) is 6.81. The summed E-state index contributed by atoms with van der Waals surface area (Å²) in [6.45, 7) is 1.34. The zero-order valence-corrected chi connectivity index (χ0v) is 12.4.